The molecule has 1 aliphatic carbocycles. The molecular weight excluding hydrogens is 324 g/mol. The predicted molar refractivity (Wildman–Crippen MR) is 93.6 cm³/mol. The Labute approximate surface area is 142 Å². The zero-order valence-corrected chi connectivity index (χ0v) is 14.3. The van der Waals surface area contributed by atoms with Crippen LogP contribution in [0.4, 0.5) is 5.69 Å². The maximum Gasteiger partial charge on any atom is 0.261 e. The number of hydrogen-bond acceptors (Lipinski definition) is 3. The number of nitrogens with one attached hydrogen (secondary N) is 2. The molecule has 2 N–H and O–H groups in total. The first-order chi connectivity index (χ1) is 11.5. The van der Waals surface area contributed by atoms with Crippen LogP contribution in [0.3, 0.4) is 0 Å². The highest BCUT2D eigenvalue weighted by Crippen LogP contribution is 2.20. The summed E-state index contributed by atoms with van der Waals surface area (Å²) in [6.45, 7) is 2.04. The van der Waals surface area contributed by atoms with Gasteiger partial charge in [0.05, 0.1) is 4.90 Å². The smallest absolute Gasteiger partial charge is 0.261 e. The third kappa shape index (κ3) is 3.94. The van der Waals surface area contributed by atoms with Gasteiger partial charge in [-0.3, -0.25) is 9.52 Å². The molecular formula is C18H20N2O3S. The van der Waals surface area contributed by atoms with E-state index in [1.165, 1.54) is 24.3 Å². The second kappa shape index (κ2) is 6.65. The van der Waals surface area contributed by atoms with Crippen LogP contribution in [-0.2, 0) is 16.4 Å². The molecule has 0 saturated heterocycles. The van der Waals surface area contributed by atoms with Gasteiger partial charge in [0.1, 0.15) is 0 Å². The minimum Gasteiger partial charge on any atom is -0.349 e. The Morgan fingerprint density at radius 1 is 1.04 bits per heavy atom. The zero-order chi connectivity index (χ0) is 17.2. The monoisotopic (exact) mass is 344 g/mol. The first-order valence-electron chi connectivity index (χ1n) is 8.00. The molecule has 1 aliphatic rings. The van der Waals surface area contributed by atoms with E-state index in [1.807, 2.05) is 19.1 Å². The van der Waals surface area contributed by atoms with E-state index >= 15 is 0 Å². The number of anilines is 1. The number of carbonyl (C=O) groups excluding carboxylic acids is 1. The third-order valence-electron chi connectivity index (χ3n) is 3.95. The Morgan fingerprint density at radius 3 is 2.21 bits per heavy atom. The average Bonchev–Trinajstić information content (AvgIpc) is 3.39. The van der Waals surface area contributed by atoms with E-state index in [-0.39, 0.29) is 16.8 Å². The number of carbonyl (C=O) groups is 1. The number of sulfonamides is 1. The summed E-state index contributed by atoms with van der Waals surface area (Å²) in [5, 5.41) is 2.87. The lowest BCUT2D eigenvalue weighted by Crippen LogP contribution is -2.25. The maximum atomic E-state index is 12.4. The molecule has 0 aromatic heterocycles. The average molecular weight is 344 g/mol. The quantitative estimate of drug-likeness (QED) is 0.846. The Hall–Kier alpha value is -2.34. The van der Waals surface area contributed by atoms with Gasteiger partial charge < -0.3 is 5.32 Å². The molecule has 0 atom stereocenters. The van der Waals surface area contributed by atoms with Crippen LogP contribution in [0.25, 0.3) is 0 Å². The number of amides is 1. The number of rotatable bonds is 6. The largest absolute Gasteiger partial charge is 0.349 e. The standard InChI is InChI=1S/C18H20N2O3S/c1-2-13-3-7-16(8-4-13)20-24(22,23)17-11-5-14(6-12-17)18(21)19-15-9-10-15/h3-8,11-12,15,20H,2,9-10H2,1H3,(H,19,21). The van der Waals surface area contributed by atoms with Crippen molar-refractivity contribution in [3.05, 3.63) is 59.7 Å². The molecule has 0 radical (unpaired) electrons. The summed E-state index contributed by atoms with van der Waals surface area (Å²) in [5.74, 6) is -0.162. The molecule has 1 amide bonds. The van der Waals surface area contributed by atoms with Gasteiger partial charge in [-0.25, -0.2) is 8.42 Å². The van der Waals surface area contributed by atoms with Crippen LogP contribution in [0.1, 0.15) is 35.7 Å². The van der Waals surface area contributed by atoms with Gasteiger partial charge in [0.25, 0.3) is 15.9 Å². The van der Waals surface area contributed by atoms with E-state index in [9.17, 15) is 13.2 Å². The van der Waals surface area contributed by atoms with Crippen molar-refractivity contribution < 1.29 is 13.2 Å². The van der Waals surface area contributed by atoms with Crippen molar-refractivity contribution in [2.45, 2.75) is 37.1 Å². The summed E-state index contributed by atoms with van der Waals surface area (Å²) in [5.41, 5.74) is 2.12. The van der Waals surface area contributed by atoms with Crippen LogP contribution in [0, 0.1) is 0 Å². The second-order valence-electron chi connectivity index (χ2n) is 5.93. The van der Waals surface area contributed by atoms with Gasteiger partial charge in [-0.15, -0.1) is 0 Å². The molecule has 3 rings (SSSR count). The summed E-state index contributed by atoms with van der Waals surface area (Å²) >= 11 is 0. The molecule has 0 bridgehead atoms. The van der Waals surface area contributed by atoms with Gasteiger partial charge in [-0.2, -0.15) is 0 Å². The second-order valence-corrected chi connectivity index (χ2v) is 7.61. The molecule has 6 heteroatoms. The minimum atomic E-state index is -3.67. The van der Waals surface area contributed by atoms with Crippen molar-refractivity contribution in [1.29, 1.82) is 0 Å². The van der Waals surface area contributed by atoms with Crippen molar-refractivity contribution >= 4 is 21.6 Å². The van der Waals surface area contributed by atoms with Crippen LogP contribution >= 0.6 is 0 Å². The number of aryl methyl sites for hydroxylation is 1. The molecule has 0 heterocycles. The molecule has 1 fully saturated rings. The highest BCUT2D eigenvalue weighted by Gasteiger charge is 2.24. The van der Waals surface area contributed by atoms with Gasteiger partial charge in [0.15, 0.2) is 0 Å². The van der Waals surface area contributed by atoms with Gasteiger partial charge >= 0.3 is 0 Å². The molecule has 24 heavy (non-hydrogen) atoms. The van der Waals surface area contributed by atoms with E-state index in [2.05, 4.69) is 10.0 Å². The summed E-state index contributed by atoms with van der Waals surface area (Å²) in [4.78, 5) is 12.1. The van der Waals surface area contributed by atoms with Gasteiger partial charge in [-0.1, -0.05) is 19.1 Å². The van der Waals surface area contributed by atoms with E-state index in [0.717, 1.165) is 24.8 Å². The van der Waals surface area contributed by atoms with Crippen LogP contribution in [0.5, 0.6) is 0 Å². The zero-order valence-electron chi connectivity index (χ0n) is 13.5. The highest BCUT2D eigenvalue weighted by atomic mass is 32.2. The Kier molecular flexibility index (Phi) is 4.57. The normalized spacial score (nSPS) is 14.2. The Bertz CT molecular complexity index is 824. The van der Waals surface area contributed by atoms with Crippen molar-refractivity contribution in [2.24, 2.45) is 0 Å². The molecule has 2 aromatic rings. The molecule has 126 valence electrons. The fourth-order valence-corrected chi connectivity index (χ4v) is 3.36. The lowest BCUT2D eigenvalue weighted by molar-refractivity contribution is 0.0951. The summed E-state index contributed by atoms with van der Waals surface area (Å²) in [6, 6.07) is 13.5. The molecule has 0 aliphatic heterocycles. The van der Waals surface area contributed by atoms with E-state index in [1.54, 1.807) is 12.1 Å². The Morgan fingerprint density at radius 2 is 1.67 bits per heavy atom. The SMILES string of the molecule is CCc1ccc(NS(=O)(=O)c2ccc(C(=O)NC3CC3)cc2)cc1. The van der Waals surface area contributed by atoms with Crippen molar-refractivity contribution in [1.82, 2.24) is 5.32 Å². The van der Waals surface area contributed by atoms with Crippen LogP contribution in [0.15, 0.2) is 53.4 Å². The van der Waals surface area contributed by atoms with Crippen molar-refractivity contribution in [2.75, 3.05) is 4.72 Å². The summed E-state index contributed by atoms with van der Waals surface area (Å²) in [7, 11) is -3.67. The lowest BCUT2D eigenvalue weighted by Gasteiger charge is -2.09. The first kappa shape index (κ1) is 16.5. The van der Waals surface area contributed by atoms with Crippen LogP contribution in [-0.4, -0.2) is 20.4 Å². The molecule has 0 spiro atoms. The molecule has 5 nitrogen and oxygen atoms in total. The number of benzene rings is 2. The van der Waals surface area contributed by atoms with Gasteiger partial charge in [-0.05, 0) is 61.2 Å². The fourth-order valence-electron chi connectivity index (χ4n) is 2.30. The van der Waals surface area contributed by atoms with E-state index in [4.69, 9.17) is 0 Å². The fraction of sp³-hybridized carbons (Fsp3) is 0.278. The van der Waals surface area contributed by atoms with Gasteiger partial charge in [0.2, 0.25) is 0 Å². The van der Waals surface area contributed by atoms with E-state index in [0.29, 0.717) is 11.3 Å². The molecule has 0 unspecified atom stereocenters. The van der Waals surface area contributed by atoms with Crippen LogP contribution < -0.4 is 10.0 Å². The third-order valence-corrected chi connectivity index (χ3v) is 5.35. The Balaban J connectivity index is 1.72. The van der Waals surface area contributed by atoms with Crippen molar-refractivity contribution in [3.63, 3.8) is 0 Å². The highest BCUT2D eigenvalue weighted by molar-refractivity contribution is 7.92. The predicted octanol–water partition coefficient (Wildman–Crippen LogP) is 2.94. The summed E-state index contributed by atoms with van der Waals surface area (Å²) in [6.07, 6.45) is 2.93. The topological polar surface area (TPSA) is 75.3 Å². The minimum absolute atomic E-state index is 0.130. The van der Waals surface area contributed by atoms with E-state index < -0.39 is 10.0 Å². The van der Waals surface area contributed by atoms with Crippen LogP contribution in [0.2, 0.25) is 0 Å². The molecule has 1 saturated carbocycles. The molecule has 2 aromatic carbocycles. The summed E-state index contributed by atoms with van der Waals surface area (Å²) < 4.78 is 27.4. The lowest BCUT2D eigenvalue weighted by atomic mass is 10.2. The van der Waals surface area contributed by atoms with Crippen molar-refractivity contribution in [3.8, 4) is 0 Å². The first-order valence-corrected chi connectivity index (χ1v) is 9.49. The number of hydrogen-bond donors (Lipinski definition) is 2. The maximum absolute atomic E-state index is 12.4. The van der Waals surface area contributed by atoms with Gasteiger partial charge in [0, 0.05) is 17.3 Å².